The third-order valence-electron chi connectivity index (χ3n) is 5.66. The number of methoxy groups -OCH3 is 2. The third-order valence-corrected chi connectivity index (χ3v) is 5.66. The van der Waals surface area contributed by atoms with Crippen LogP contribution in [0.4, 0.5) is 4.79 Å². The number of carbonyl (C=O) groups is 1. The summed E-state index contributed by atoms with van der Waals surface area (Å²) in [6.45, 7) is 5.92. The van der Waals surface area contributed by atoms with Crippen molar-refractivity contribution in [1.29, 1.82) is 0 Å². The van der Waals surface area contributed by atoms with Crippen molar-refractivity contribution >= 4 is 6.09 Å². The number of aliphatic hydroxyl groups is 1. The van der Waals surface area contributed by atoms with Crippen molar-refractivity contribution < 1.29 is 24.1 Å². The molecule has 168 valence electrons. The Bertz CT molecular complexity index is 891. The topological polar surface area (TPSA) is 68.2 Å². The zero-order valence-electron chi connectivity index (χ0n) is 19.1. The van der Waals surface area contributed by atoms with Crippen LogP contribution in [0, 0.1) is 0 Å². The summed E-state index contributed by atoms with van der Waals surface area (Å²) in [5, 5.41) is 10.4. The number of hydrogen-bond acceptors (Lipinski definition) is 5. The molecule has 0 fully saturated rings. The zero-order chi connectivity index (χ0) is 22.6. The van der Waals surface area contributed by atoms with E-state index in [9.17, 15) is 9.90 Å². The van der Waals surface area contributed by atoms with Gasteiger partial charge in [0.15, 0.2) is 11.5 Å². The number of carbonyl (C=O) groups excluding carboxylic acids is 1. The molecule has 0 saturated carbocycles. The van der Waals surface area contributed by atoms with Gasteiger partial charge in [-0.25, -0.2) is 4.79 Å². The van der Waals surface area contributed by atoms with Crippen molar-refractivity contribution in [3.8, 4) is 11.5 Å². The van der Waals surface area contributed by atoms with Crippen molar-refractivity contribution in [2.45, 2.75) is 57.7 Å². The molecule has 0 heterocycles. The summed E-state index contributed by atoms with van der Waals surface area (Å²) in [6.07, 6.45) is 1.03. The van der Waals surface area contributed by atoms with E-state index in [0.29, 0.717) is 30.9 Å². The number of benzene rings is 2. The van der Waals surface area contributed by atoms with Crippen LogP contribution in [0.25, 0.3) is 0 Å². The monoisotopic (exact) mass is 427 g/mol. The van der Waals surface area contributed by atoms with Gasteiger partial charge in [-0.15, -0.1) is 0 Å². The van der Waals surface area contributed by atoms with Gasteiger partial charge < -0.3 is 24.2 Å². The van der Waals surface area contributed by atoms with Gasteiger partial charge in [0.05, 0.1) is 20.8 Å². The van der Waals surface area contributed by atoms with Crippen LogP contribution in [0.15, 0.2) is 42.5 Å². The summed E-state index contributed by atoms with van der Waals surface area (Å²) in [6, 6.07) is 13.5. The van der Waals surface area contributed by atoms with Gasteiger partial charge in [-0.3, -0.25) is 0 Å². The first-order valence-electron chi connectivity index (χ1n) is 10.7. The van der Waals surface area contributed by atoms with E-state index in [1.807, 2.05) is 63.2 Å². The Hall–Kier alpha value is -2.73. The minimum Gasteiger partial charge on any atom is -0.493 e. The predicted octanol–water partition coefficient (Wildman–Crippen LogP) is 4.53. The normalized spacial score (nSPS) is 18.1. The molecule has 6 nitrogen and oxygen atoms in total. The molecule has 1 amide bonds. The molecular formula is C25H33NO5. The highest BCUT2D eigenvalue weighted by Gasteiger charge is 2.39. The SMILES string of the molecule is COc1ccc2c(c1OC)CCC(N(Cc1ccccc1)C(=O)OC(C)(C)C)C2CO. The van der Waals surface area contributed by atoms with Crippen LogP contribution in [-0.2, 0) is 17.7 Å². The molecule has 31 heavy (non-hydrogen) atoms. The van der Waals surface area contributed by atoms with E-state index in [0.717, 1.165) is 16.7 Å². The van der Waals surface area contributed by atoms with Crippen molar-refractivity contribution in [2.24, 2.45) is 0 Å². The van der Waals surface area contributed by atoms with Crippen LogP contribution in [-0.4, -0.2) is 48.6 Å². The van der Waals surface area contributed by atoms with Gasteiger partial charge in [0.2, 0.25) is 0 Å². The molecule has 0 saturated heterocycles. The summed E-state index contributed by atoms with van der Waals surface area (Å²) < 4.78 is 16.8. The molecule has 0 aromatic heterocycles. The predicted molar refractivity (Wildman–Crippen MR) is 120 cm³/mol. The van der Waals surface area contributed by atoms with E-state index >= 15 is 0 Å². The average Bonchev–Trinajstić information content (AvgIpc) is 2.75. The second-order valence-electron chi connectivity index (χ2n) is 8.86. The Labute approximate surface area is 184 Å². The Morgan fingerprint density at radius 1 is 1.10 bits per heavy atom. The number of ether oxygens (including phenoxy) is 3. The first-order valence-corrected chi connectivity index (χ1v) is 10.7. The highest BCUT2D eigenvalue weighted by atomic mass is 16.6. The first kappa shape index (κ1) is 22.9. The molecule has 0 aliphatic heterocycles. The van der Waals surface area contributed by atoms with E-state index in [2.05, 4.69) is 0 Å². The maximum atomic E-state index is 13.2. The van der Waals surface area contributed by atoms with Gasteiger partial charge in [0.1, 0.15) is 5.60 Å². The molecule has 0 radical (unpaired) electrons. The van der Waals surface area contributed by atoms with E-state index in [-0.39, 0.29) is 24.7 Å². The lowest BCUT2D eigenvalue weighted by atomic mass is 9.78. The van der Waals surface area contributed by atoms with Crippen molar-refractivity contribution in [3.63, 3.8) is 0 Å². The lowest BCUT2D eigenvalue weighted by molar-refractivity contribution is 0.00623. The van der Waals surface area contributed by atoms with Crippen molar-refractivity contribution in [3.05, 3.63) is 59.2 Å². The first-order chi connectivity index (χ1) is 14.8. The van der Waals surface area contributed by atoms with Crippen LogP contribution >= 0.6 is 0 Å². The van der Waals surface area contributed by atoms with Crippen LogP contribution < -0.4 is 9.47 Å². The number of hydrogen-bond donors (Lipinski definition) is 1. The summed E-state index contributed by atoms with van der Waals surface area (Å²) >= 11 is 0. The Balaban J connectivity index is 1.99. The highest BCUT2D eigenvalue weighted by Crippen LogP contribution is 2.43. The van der Waals surface area contributed by atoms with Gasteiger partial charge in [0.25, 0.3) is 0 Å². The van der Waals surface area contributed by atoms with Crippen molar-refractivity contribution in [2.75, 3.05) is 20.8 Å². The lowest BCUT2D eigenvalue weighted by Gasteiger charge is -2.41. The minimum absolute atomic E-state index is 0.0821. The Morgan fingerprint density at radius 3 is 2.39 bits per heavy atom. The third kappa shape index (κ3) is 5.13. The minimum atomic E-state index is -0.607. The molecule has 3 rings (SSSR count). The van der Waals surface area contributed by atoms with Crippen LogP contribution in [0.3, 0.4) is 0 Å². The fraction of sp³-hybridized carbons (Fsp3) is 0.480. The number of aliphatic hydroxyl groups excluding tert-OH is 1. The van der Waals surface area contributed by atoms with Gasteiger partial charge in [-0.05, 0) is 50.8 Å². The summed E-state index contributed by atoms with van der Waals surface area (Å²) in [4.78, 5) is 15.0. The molecule has 1 N–H and O–H groups in total. The van der Waals surface area contributed by atoms with E-state index < -0.39 is 5.60 Å². The largest absolute Gasteiger partial charge is 0.493 e. The summed E-state index contributed by atoms with van der Waals surface area (Å²) in [5.41, 5.74) is 2.42. The highest BCUT2D eigenvalue weighted by molar-refractivity contribution is 5.69. The van der Waals surface area contributed by atoms with Crippen LogP contribution in [0.2, 0.25) is 0 Å². The smallest absolute Gasteiger partial charge is 0.410 e. The van der Waals surface area contributed by atoms with Gasteiger partial charge >= 0.3 is 6.09 Å². The van der Waals surface area contributed by atoms with Crippen molar-refractivity contribution in [1.82, 2.24) is 4.90 Å². The maximum Gasteiger partial charge on any atom is 0.410 e. The molecule has 0 spiro atoms. The van der Waals surface area contributed by atoms with Crippen LogP contribution in [0.1, 0.15) is 49.8 Å². The molecule has 6 heteroatoms. The number of amides is 1. The molecule has 2 atom stereocenters. The number of fused-ring (bicyclic) bond motifs is 1. The zero-order valence-corrected chi connectivity index (χ0v) is 19.1. The molecule has 2 unspecified atom stereocenters. The Kier molecular flexibility index (Phi) is 7.11. The summed E-state index contributed by atoms with van der Waals surface area (Å²) in [7, 11) is 3.24. The van der Waals surface area contributed by atoms with Gasteiger partial charge in [-0.1, -0.05) is 36.4 Å². The molecule has 2 aromatic rings. The molecule has 0 bridgehead atoms. The maximum absolute atomic E-state index is 13.2. The summed E-state index contributed by atoms with van der Waals surface area (Å²) in [5.74, 6) is 1.12. The van der Waals surface area contributed by atoms with E-state index in [1.165, 1.54) is 0 Å². The molecule has 2 aromatic carbocycles. The Morgan fingerprint density at radius 2 is 1.81 bits per heavy atom. The molecule has 1 aliphatic rings. The second kappa shape index (κ2) is 9.60. The fourth-order valence-corrected chi connectivity index (χ4v) is 4.32. The second-order valence-corrected chi connectivity index (χ2v) is 8.86. The van der Waals surface area contributed by atoms with E-state index in [4.69, 9.17) is 14.2 Å². The van der Waals surface area contributed by atoms with Crippen LogP contribution in [0.5, 0.6) is 11.5 Å². The molecule has 1 aliphatic carbocycles. The molecular weight excluding hydrogens is 394 g/mol. The average molecular weight is 428 g/mol. The van der Waals surface area contributed by atoms with Gasteiger partial charge in [0, 0.05) is 24.1 Å². The standard InChI is InChI=1S/C25H33NO5/c1-25(2,3)31-24(28)26(15-17-9-7-6-8-10-17)21-13-11-19-18(20(21)16-27)12-14-22(29-4)23(19)30-5/h6-10,12,14,20-21,27H,11,13,15-16H2,1-5H3. The quantitative estimate of drug-likeness (QED) is 0.733. The van der Waals surface area contributed by atoms with Gasteiger partial charge in [-0.2, -0.15) is 0 Å². The number of nitrogens with zero attached hydrogens (tertiary/aromatic N) is 1. The lowest BCUT2D eigenvalue weighted by Crippen LogP contribution is -2.48. The number of rotatable bonds is 6. The van der Waals surface area contributed by atoms with E-state index in [1.54, 1.807) is 19.1 Å². The fourth-order valence-electron chi connectivity index (χ4n) is 4.32.